The third kappa shape index (κ3) is 15.9. The van der Waals surface area contributed by atoms with Gasteiger partial charge in [0.25, 0.3) is 0 Å². The number of likely N-dealkylation sites (tertiary alicyclic amines) is 2. The van der Waals surface area contributed by atoms with E-state index in [0.717, 1.165) is 124 Å². The molecule has 83 heavy (non-hydrogen) atoms. The largest absolute Gasteiger partial charge is 0.415 e. The lowest BCUT2D eigenvalue weighted by atomic mass is 9.80. The van der Waals surface area contributed by atoms with Gasteiger partial charge in [0.05, 0.1) is 61.5 Å². The van der Waals surface area contributed by atoms with Crippen LogP contribution >= 0.6 is 0 Å². The van der Waals surface area contributed by atoms with Crippen molar-refractivity contribution in [2.24, 2.45) is 22.7 Å². The van der Waals surface area contributed by atoms with Crippen molar-refractivity contribution in [1.82, 2.24) is 49.3 Å². The van der Waals surface area contributed by atoms with Gasteiger partial charge in [-0.2, -0.15) is 10.2 Å². The molecule has 0 bridgehead atoms. The Labute approximate surface area is 495 Å². The van der Waals surface area contributed by atoms with Crippen LogP contribution in [-0.2, 0) is 39.9 Å². The molecule has 6 heterocycles. The Morgan fingerprint density at radius 1 is 0.627 bits per heavy atom. The third-order valence-electron chi connectivity index (χ3n) is 18.6. The molecule has 2 aromatic carbocycles. The van der Waals surface area contributed by atoms with Gasteiger partial charge in [0.1, 0.15) is 0 Å². The first-order chi connectivity index (χ1) is 39.5. The lowest BCUT2D eigenvalue weighted by molar-refractivity contribution is -0.131. The minimum atomic E-state index is -1.78. The Morgan fingerprint density at radius 2 is 1.08 bits per heavy atom. The normalized spacial score (nSPS) is 19.5. The maximum Gasteiger partial charge on any atom is 0.227 e. The molecule has 0 saturated carbocycles. The third-order valence-corrected chi connectivity index (χ3v) is 23.2. The van der Waals surface area contributed by atoms with E-state index in [4.69, 9.17) is 19.5 Å². The van der Waals surface area contributed by atoms with E-state index in [0.29, 0.717) is 68.1 Å². The number of benzene rings is 2. The van der Waals surface area contributed by atoms with E-state index in [2.05, 4.69) is 152 Å². The number of carbonyl (C=O) groups excluding carboxylic acids is 2. The summed E-state index contributed by atoms with van der Waals surface area (Å²) in [7, 11) is -1.78. The van der Waals surface area contributed by atoms with Gasteiger partial charge < -0.3 is 30.0 Å². The molecule has 3 N–H and O–H groups in total. The van der Waals surface area contributed by atoms with Crippen LogP contribution in [0.3, 0.4) is 0 Å². The number of hydrogen-bond donors (Lipinski definition) is 3. The van der Waals surface area contributed by atoms with Crippen molar-refractivity contribution in [3.05, 3.63) is 108 Å². The number of nitrogens with one attached hydrogen (secondary N) is 2. The van der Waals surface area contributed by atoms with E-state index < -0.39 is 8.32 Å². The summed E-state index contributed by atoms with van der Waals surface area (Å²) >= 11 is 0. The fraction of sp³-hybridized carbons (Fsp3) is 0.576. The van der Waals surface area contributed by atoms with Crippen molar-refractivity contribution in [3.63, 3.8) is 0 Å². The maximum absolute atomic E-state index is 13.4. The Kier molecular flexibility index (Phi) is 19.4. The number of rotatable bonds is 16. The van der Waals surface area contributed by atoms with Crippen molar-refractivity contribution in [1.29, 1.82) is 0 Å². The molecular formula is C66H94N12O4Si. The number of aliphatic hydroxyl groups is 1. The van der Waals surface area contributed by atoms with Gasteiger partial charge in [-0.25, -0.2) is 19.9 Å². The molecule has 17 heteroatoms. The van der Waals surface area contributed by atoms with Crippen LogP contribution in [0.2, 0.25) is 18.1 Å². The number of fused-ring (bicyclic) bond motifs is 2. The van der Waals surface area contributed by atoms with Gasteiger partial charge in [0.15, 0.2) is 8.32 Å². The van der Waals surface area contributed by atoms with Gasteiger partial charge in [-0.3, -0.25) is 19.0 Å². The van der Waals surface area contributed by atoms with Crippen LogP contribution in [0, 0.1) is 22.7 Å². The van der Waals surface area contributed by atoms with E-state index in [9.17, 15) is 9.59 Å². The number of aliphatic hydroxyl groups excluding tert-OH is 1. The second-order valence-electron chi connectivity index (χ2n) is 27.6. The number of hydrogen-bond acceptors (Lipinski definition) is 12. The molecule has 2 aliphatic heterocycles. The van der Waals surface area contributed by atoms with Crippen molar-refractivity contribution in [2.45, 2.75) is 182 Å². The van der Waals surface area contributed by atoms with Gasteiger partial charge in [0.2, 0.25) is 23.7 Å². The summed E-state index contributed by atoms with van der Waals surface area (Å²) in [6.45, 7) is 30.5. The standard InChI is InChI=1S/C36H54N6O2Si.C30H40N6O2/c1-35(2,3)29-16-18-41(24-29)33(43)22-27-12-10-9-11-26-21-28(13-14-31(26)27)32-15-17-37-34(40-32)39-30-23-38-42(25-30)19-20-44-45(7,8)36(4,5)6;1-30(2,3)24-11-13-35(19-24)28(38)17-22-7-5-4-6-21-16-23(8-9-26(21)22)27-10-12-31-29(34-27)33-25-18-32-36(20-25)14-15-37/h13-15,17,21,23,25,27,29H,9-12,16,18-20,22,24H2,1-8H3,(H,37,39,40);8-10,12,16,18,20,22,24,37H,4-7,11,13-15,17,19H2,1-3H3,(H,31,33,34). The average molecular weight is 1150 g/mol. The maximum atomic E-state index is 13.4. The van der Waals surface area contributed by atoms with Crippen LogP contribution < -0.4 is 10.6 Å². The van der Waals surface area contributed by atoms with Gasteiger partial charge in [-0.15, -0.1) is 0 Å². The molecule has 446 valence electrons. The molecule has 4 aliphatic rings. The van der Waals surface area contributed by atoms with E-state index in [1.807, 2.05) is 29.2 Å². The van der Waals surface area contributed by atoms with Crippen LogP contribution in [0.4, 0.5) is 23.3 Å². The summed E-state index contributed by atoms with van der Waals surface area (Å²) in [6, 6.07) is 17.2. The lowest BCUT2D eigenvalue weighted by Crippen LogP contribution is -2.41. The highest BCUT2D eigenvalue weighted by Gasteiger charge is 2.38. The Morgan fingerprint density at radius 3 is 1.51 bits per heavy atom. The summed E-state index contributed by atoms with van der Waals surface area (Å²) in [5.74, 6) is 3.41. The SMILES string of the molecule is CC(C)(C)C1CCN(C(=O)CC2CCCCc3cc(-c4ccnc(Nc5cnn(CCO)c5)n4)ccc32)C1.CC(C)(C)C1CCN(C(=O)CC2CCCCc3cc(-c4ccnc(Nc5cnn(CCO[Si](C)(C)C(C)(C)C)c5)n4)ccc32)C1. The fourth-order valence-corrected chi connectivity index (χ4v) is 13.2. The second kappa shape index (κ2) is 26.3. The highest BCUT2D eigenvalue weighted by atomic mass is 28.4. The summed E-state index contributed by atoms with van der Waals surface area (Å²) in [4.78, 5) is 49.4. The highest BCUT2D eigenvalue weighted by molar-refractivity contribution is 6.74. The molecule has 2 amide bonds. The Balaban J connectivity index is 0.000000202. The van der Waals surface area contributed by atoms with Crippen LogP contribution in [-0.4, -0.2) is 114 Å². The van der Waals surface area contributed by atoms with Crippen molar-refractivity contribution in [2.75, 3.05) is 50.0 Å². The monoisotopic (exact) mass is 1150 g/mol. The number of aromatic nitrogens is 8. The number of nitrogens with zero attached hydrogens (tertiary/aromatic N) is 10. The fourth-order valence-electron chi connectivity index (χ4n) is 12.2. The summed E-state index contributed by atoms with van der Waals surface area (Å²) in [6.07, 6.45) is 23.1. The molecule has 6 aromatic rings. The van der Waals surface area contributed by atoms with Crippen molar-refractivity contribution >= 4 is 43.4 Å². The van der Waals surface area contributed by atoms with E-state index in [-0.39, 0.29) is 34.3 Å². The van der Waals surface area contributed by atoms with E-state index in [1.54, 1.807) is 29.5 Å². The first-order valence-electron chi connectivity index (χ1n) is 30.8. The number of amides is 2. The highest BCUT2D eigenvalue weighted by Crippen LogP contribution is 2.41. The number of anilines is 4. The molecule has 2 fully saturated rings. The molecule has 0 radical (unpaired) electrons. The molecule has 0 spiro atoms. The van der Waals surface area contributed by atoms with Gasteiger partial charge >= 0.3 is 0 Å². The Hall–Kier alpha value is -6.30. The molecule has 10 rings (SSSR count). The molecule has 2 saturated heterocycles. The minimum Gasteiger partial charge on any atom is -0.415 e. The predicted octanol–water partition coefficient (Wildman–Crippen LogP) is 13.4. The van der Waals surface area contributed by atoms with E-state index in [1.165, 1.54) is 22.3 Å². The van der Waals surface area contributed by atoms with Crippen LogP contribution in [0.5, 0.6) is 0 Å². The summed E-state index contributed by atoms with van der Waals surface area (Å²) < 4.78 is 9.89. The predicted molar refractivity (Wildman–Crippen MR) is 334 cm³/mol. The number of aryl methyl sites for hydroxylation is 2. The summed E-state index contributed by atoms with van der Waals surface area (Å²) in [5.41, 5.74) is 11.4. The van der Waals surface area contributed by atoms with Gasteiger partial charge in [0, 0.05) is 74.9 Å². The zero-order valence-electron chi connectivity index (χ0n) is 51.7. The van der Waals surface area contributed by atoms with Gasteiger partial charge in [-0.1, -0.05) is 99.4 Å². The topological polar surface area (TPSA) is 181 Å². The first-order valence-corrected chi connectivity index (χ1v) is 33.7. The molecular weight excluding hydrogens is 1050 g/mol. The smallest absolute Gasteiger partial charge is 0.227 e. The van der Waals surface area contributed by atoms with Crippen LogP contribution in [0.1, 0.15) is 161 Å². The molecule has 4 aromatic heterocycles. The zero-order valence-corrected chi connectivity index (χ0v) is 52.7. The van der Waals surface area contributed by atoms with Crippen LogP contribution in [0.15, 0.2) is 85.7 Å². The lowest BCUT2D eigenvalue weighted by Gasteiger charge is -2.36. The summed E-state index contributed by atoms with van der Waals surface area (Å²) in [5, 5.41) is 24.5. The van der Waals surface area contributed by atoms with Crippen LogP contribution in [0.25, 0.3) is 22.5 Å². The Bertz CT molecular complexity index is 3150. The molecule has 2 aliphatic carbocycles. The average Bonchev–Trinajstić information content (AvgIpc) is 4.48. The number of carbonyl (C=O) groups is 2. The molecule has 4 atom stereocenters. The first kappa shape index (κ1) is 61.3. The van der Waals surface area contributed by atoms with E-state index >= 15 is 0 Å². The van der Waals surface area contributed by atoms with Gasteiger partial charge in [-0.05, 0) is 151 Å². The van der Waals surface area contributed by atoms with Crippen molar-refractivity contribution < 1.29 is 19.1 Å². The zero-order chi connectivity index (χ0) is 59.1. The minimum absolute atomic E-state index is 0.0381. The van der Waals surface area contributed by atoms with Crippen molar-refractivity contribution in [3.8, 4) is 22.5 Å². The molecule has 4 unspecified atom stereocenters. The quantitative estimate of drug-likeness (QED) is 0.0617. The second-order valence-corrected chi connectivity index (χ2v) is 32.4. The molecule has 16 nitrogen and oxygen atoms in total.